The summed E-state index contributed by atoms with van der Waals surface area (Å²) in [6.07, 6.45) is 3.03. The van der Waals surface area contributed by atoms with Crippen molar-refractivity contribution in [2.75, 3.05) is 5.88 Å². The van der Waals surface area contributed by atoms with Crippen LogP contribution >= 0.6 is 11.8 Å². The summed E-state index contributed by atoms with van der Waals surface area (Å²) in [5, 5.41) is 2.61. The Labute approximate surface area is 172 Å². The second-order valence-corrected chi connectivity index (χ2v) is 7.37. The van der Waals surface area contributed by atoms with E-state index in [2.05, 4.69) is 10.3 Å². The molecule has 2 heterocycles. The van der Waals surface area contributed by atoms with Gasteiger partial charge in [0.05, 0.1) is 5.88 Å². The zero-order valence-corrected chi connectivity index (χ0v) is 16.1. The van der Waals surface area contributed by atoms with Crippen molar-refractivity contribution in [3.8, 4) is 0 Å². The monoisotopic (exact) mass is 403 g/mol. The quantitative estimate of drug-likeness (QED) is 0.661. The van der Waals surface area contributed by atoms with Crippen molar-refractivity contribution in [2.24, 2.45) is 0 Å². The van der Waals surface area contributed by atoms with Crippen LogP contribution in [-0.2, 0) is 10.3 Å². The van der Waals surface area contributed by atoms with Gasteiger partial charge in [0.1, 0.15) is 0 Å². The molecule has 6 nitrogen and oxygen atoms in total. The number of benzene rings is 2. The predicted octanol–water partition coefficient (Wildman–Crippen LogP) is 3.41. The van der Waals surface area contributed by atoms with Gasteiger partial charge in [0.2, 0.25) is 5.12 Å². The molecule has 0 saturated carbocycles. The van der Waals surface area contributed by atoms with E-state index in [0.717, 1.165) is 16.7 Å². The Morgan fingerprint density at radius 2 is 1.55 bits per heavy atom. The van der Waals surface area contributed by atoms with Crippen LogP contribution < -0.4 is 5.32 Å². The molecule has 1 fully saturated rings. The van der Waals surface area contributed by atoms with Crippen LogP contribution in [0.15, 0.2) is 85.2 Å². The maximum atomic E-state index is 13.5. The SMILES string of the molecule is O=C(SCN1C(=O)NC(c2ccccc2)(c2ccccc2)C1=O)c1cccnc1. The van der Waals surface area contributed by atoms with Gasteiger partial charge in [-0.25, -0.2) is 4.79 Å². The molecule has 0 aliphatic carbocycles. The van der Waals surface area contributed by atoms with E-state index in [0.29, 0.717) is 16.7 Å². The van der Waals surface area contributed by atoms with E-state index in [1.54, 1.807) is 18.3 Å². The van der Waals surface area contributed by atoms with Gasteiger partial charge in [0.25, 0.3) is 5.91 Å². The van der Waals surface area contributed by atoms with Gasteiger partial charge in [-0.1, -0.05) is 72.4 Å². The van der Waals surface area contributed by atoms with Crippen LogP contribution in [0.4, 0.5) is 4.79 Å². The Hall–Kier alpha value is -3.45. The lowest BCUT2D eigenvalue weighted by Gasteiger charge is -2.27. The van der Waals surface area contributed by atoms with Gasteiger partial charge < -0.3 is 5.32 Å². The number of pyridine rings is 1. The van der Waals surface area contributed by atoms with Gasteiger partial charge in [-0.2, -0.15) is 0 Å². The lowest BCUT2D eigenvalue weighted by molar-refractivity contribution is -0.129. The number of nitrogens with one attached hydrogen (secondary N) is 1. The molecule has 1 aromatic heterocycles. The van der Waals surface area contributed by atoms with Crippen molar-refractivity contribution >= 4 is 28.8 Å². The van der Waals surface area contributed by atoms with Crippen molar-refractivity contribution in [2.45, 2.75) is 5.54 Å². The molecule has 1 aliphatic rings. The molecule has 3 aromatic rings. The first-order chi connectivity index (χ1) is 14.1. The summed E-state index contributed by atoms with van der Waals surface area (Å²) in [5.41, 5.74) is 0.422. The maximum Gasteiger partial charge on any atom is 0.326 e. The number of carbonyl (C=O) groups is 3. The third-order valence-corrected chi connectivity index (χ3v) is 5.63. The summed E-state index contributed by atoms with van der Waals surface area (Å²) >= 11 is 0.891. The molecule has 1 aliphatic heterocycles. The zero-order valence-electron chi connectivity index (χ0n) is 15.3. The molecule has 0 spiro atoms. The summed E-state index contributed by atoms with van der Waals surface area (Å²) in [6, 6.07) is 21.0. The van der Waals surface area contributed by atoms with Crippen molar-refractivity contribution in [3.05, 3.63) is 102 Å². The molecule has 0 radical (unpaired) electrons. The van der Waals surface area contributed by atoms with Gasteiger partial charge in [0.15, 0.2) is 5.54 Å². The second kappa shape index (κ2) is 7.89. The molecule has 0 bridgehead atoms. The number of nitrogens with zero attached hydrogens (tertiary/aromatic N) is 2. The predicted molar refractivity (Wildman–Crippen MR) is 110 cm³/mol. The third kappa shape index (κ3) is 3.40. The molecular formula is C22H17N3O3S. The fourth-order valence-corrected chi connectivity index (χ4v) is 4.09. The van der Waals surface area contributed by atoms with Crippen LogP contribution in [0.1, 0.15) is 21.5 Å². The largest absolute Gasteiger partial charge is 0.326 e. The number of carbonyl (C=O) groups excluding carboxylic acids is 3. The molecular weight excluding hydrogens is 386 g/mol. The number of amides is 3. The van der Waals surface area contributed by atoms with Crippen LogP contribution in [0.25, 0.3) is 0 Å². The molecule has 2 aromatic carbocycles. The van der Waals surface area contributed by atoms with Gasteiger partial charge in [0, 0.05) is 18.0 Å². The molecule has 1 saturated heterocycles. The summed E-state index contributed by atoms with van der Waals surface area (Å²) < 4.78 is 0. The Balaban J connectivity index is 1.65. The van der Waals surface area contributed by atoms with E-state index in [1.807, 2.05) is 60.7 Å². The van der Waals surface area contributed by atoms with E-state index < -0.39 is 17.5 Å². The number of rotatable bonds is 5. The Morgan fingerprint density at radius 3 is 2.10 bits per heavy atom. The second-order valence-electron chi connectivity index (χ2n) is 6.45. The normalized spacial score (nSPS) is 15.2. The van der Waals surface area contributed by atoms with Crippen LogP contribution in [0, 0.1) is 0 Å². The number of hydrogen-bond donors (Lipinski definition) is 1. The van der Waals surface area contributed by atoms with Crippen molar-refractivity contribution in [1.29, 1.82) is 0 Å². The van der Waals surface area contributed by atoms with E-state index in [1.165, 1.54) is 6.20 Å². The van der Waals surface area contributed by atoms with Crippen LogP contribution in [0.3, 0.4) is 0 Å². The standard InChI is InChI=1S/C22H17N3O3S/c26-19(16-8-7-13-23-14-16)29-15-25-20(27)22(24-21(25)28,17-9-3-1-4-10-17)18-11-5-2-6-12-18/h1-14H,15H2,(H,24,28). The fraction of sp³-hybridized carbons (Fsp3) is 0.0909. The zero-order chi connectivity index (χ0) is 20.3. The highest BCUT2D eigenvalue weighted by Crippen LogP contribution is 2.36. The lowest BCUT2D eigenvalue weighted by Crippen LogP contribution is -2.45. The molecule has 0 unspecified atom stereocenters. The van der Waals surface area contributed by atoms with Gasteiger partial charge in [-0.05, 0) is 23.3 Å². The van der Waals surface area contributed by atoms with Crippen molar-refractivity contribution in [3.63, 3.8) is 0 Å². The van der Waals surface area contributed by atoms with Crippen LogP contribution in [-0.4, -0.2) is 32.8 Å². The smallest absolute Gasteiger partial charge is 0.315 e. The van der Waals surface area contributed by atoms with Gasteiger partial charge >= 0.3 is 6.03 Å². The number of hydrogen-bond acceptors (Lipinski definition) is 5. The summed E-state index contributed by atoms with van der Waals surface area (Å²) in [4.78, 5) is 43.6. The molecule has 144 valence electrons. The highest BCUT2D eigenvalue weighted by Gasteiger charge is 2.53. The Morgan fingerprint density at radius 1 is 0.931 bits per heavy atom. The van der Waals surface area contributed by atoms with Crippen LogP contribution in [0.5, 0.6) is 0 Å². The van der Waals surface area contributed by atoms with E-state index in [9.17, 15) is 14.4 Å². The number of urea groups is 1. The average molecular weight is 403 g/mol. The minimum absolute atomic E-state index is 0.0835. The molecule has 3 amide bonds. The van der Waals surface area contributed by atoms with Crippen molar-refractivity contribution < 1.29 is 14.4 Å². The topological polar surface area (TPSA) is 79.4 Å². The fourth-order valence-electron chi connectivity index (χ4n) is 3.32. The first-order valence-corrected chi connectivity index (χ1v) is 9.94. The first-order valence-electron chi connectivity index (χ1n) is 8.95. The summed E-state index contributed by atoms with van der Waals surface area (Å²) in [6.45, 7) is 0. The first kappa shape index (κ1) is 18.9. The van der Waals surface area contributed by atoms with E-state index in [-0.39, 0.29) is 11.0 Å². The highest BCUT2D eigenvalue weighted by atomic mass is 32.2. The third-order valence-electron chi connectivity index (χ3n) is 4.74. The Bertz CT molecular complexity index is 1000. The molecule has 4 rings (SSSR count). The summed E-state index contributed by atoms with van der Waals surface area (Å²) in [5.74, 6) is -0.494. The average Bonchev–Trinajstić information content (AvgIpc) is 3.04. The minimum Gasteiger partial charge on any atom is -0.315 e. The molecule has 0 atom stereocenters. The minimum atomic E-state index is -1.32. The highest BCUT2D eigenvalue weighted by molar-refractivity contribution is 8.14. The number of aromatic nitrogens is 1. The Kier molecular flexibility index (Phi) is 5.14. The van der Waals surface area contributed by atoms with E-state index >= 15 is 0 Å². The van der Waals surface area contributed by atoms with E-state index in [4.69, 9.17) is 0 Å². The molecule has 29 heavy (non-hydrogen) atoms. The molecule has 7 heteroatoms. The maximum absolute atomic E-state index is 13.5. The lowest BCUT2D eigenvalue weighted by atomic mass is 9.83. The van der Waals surface area contributed by atoms with Gasteiger partial charge in [-0.15, -0.1) is 0 Å². The molecule has 1 N–H and O–H groups in total. The van der Waals surface area contributed by atoms with Crippen LogP contribution in [0.2, 0.25) is 0 Å². The van der Waals surface area contributed by atoms with Gasteiger partial charge in [-0.3, -0.25) is 19.5 Å². The number of imide groups is 1. The number of thioether (sulfide) groups is 1. The van der Waals surface area contributed by atoms with Crippen molar-refractivity contribution in [1.82, 2.24) is 15.2 Å². The summed E-state index contributed by atoms with van der Waals surface area (Å²) in [7, 11) is 0.